The summed E-state index contributed by atoms with van der Waals surface area (Å²) in [5.41, 5.74) is 11.0. The van der Waals surface area contributed by atoms with Crippen molar-refractivity contribution in [2.45, 2.75) is 30.2 Å². The third kappa shape index (κ3) is 4.43. The van der Waals surface area contributed by atoms with E-state index >= 15 is 0 Å². The second kappa shape index (κ2) is 9.27. The van der Waals surface area contributed by atoms with Crippen LogP contribution in [0.3, 0.4) is 0 Å². The third-order valence-corrected chi connectivity index (χ3v) is 7.69. The molecule has 0 aliphatic rings. The maximum Gasteiger partial charge on any atom is 0.212 e. The molecule has 0 amide bonds. The first kappa shape index (κ1) is 22.9. The summed E-state index contributed by atoms with van der Waals surface area (Å²) in [6.07, 6.45) is 0.821. The Morgan fingerprint density at radius 1 is 1.09 bits per heavy atom. The lowest BCUT2D eigenvalue weighted by Crippen LogP contribution is -2.01. The number of carbonyl (C=O) groups is 1. The predicted molar refractivity (Wildman–Crippen MR) is 136 cm³/mol. The van der Waals surface area contributed by atoms with Crippen molar-refractivity contribution in [3.05, 3.63) is 63.9 Å². The molecule has 4 aromatic rings. The number of nitrogens with two attached hydrogens (primary N) is 1. The van der Waals surface area contributed by atoms with Crippen LogP contribution in [0.2, 0.25) is 10.0 Å². The topological polar surface area (TPSA) is 73.8 Å². The van der Waals surface area contributed by atoms with Gasteiger partial charge in [0.2, 0.25) is 5.13 Å². The molecule has 0 bridgehead atoms. The molecule has 2 heterocycles. The van der Waals surface area contributed by atoms with E-state index in [1.165, 1.54) is 11.3 Å². The Bertz CT molecular complexity index is 1300. The maximum atomic E-state index is 12.2. The zero-order chi connectivity index (χ0) is 23.0. The van der Waals surface area contributed by atoms with E-state index in [-0.39, 0.29) is 0 Å². The van der Waals surface area contributed by atoms with Crippen LogP contribution in [0.5, 0.6) is 0 Å². The first-order valence-corrected chi connectivity index (χ1v) is 12.3. The van der Waals surface area contributed by atoms with Crippen LogP contribution in [0.25, 0.3) is 27.5 Å². The summed E-state index contributed by atoms with van der Waals surface area (Å²) in [5.74, 6) is 0. The van der Waals surface area contributed by atoms with Gasteiger partial charge >= 0.3 is 0 Å². The Morgan fingerprint density at radius 3 is 2.41 bits per heavy atom. The molecule has 2 aromatic heterocycles. The smallest absolute Gasteiger partial charge is 0.212 e. The van der Waals surface area contributed by atoms with Crippen molar-refractivity contribution in [1.29, 1.82) is 0 Å². The fraction of sp³-hybridized carbons (Fsp3) is 0.174. The van der Waals surface area contributed by atoms with Crippen molar-refractivity contribution in [2.24, 2.45) is 0 Å². The zero-order valence-electron chi connectivity index (χ0n) is 17.6. The Balaban J connectivity index is 1.87. The fourth-order valence-electron chi connectivity index (χ4n) is 3.31. The molecule has 0 saturated carbocycles. The number of benzene rings is 2. The molecule has 0 unspecified atom stereocenters. The molecule has 2 aromatic carbocycles. The van der Waals surface area contributed by atoms with Gasteiger partial charge in [0.05, 0.1) is 25.6 Å². The number of nitrogen functional groups attached to an aromatic ring is 1. The maximum absolute atomic E-state index is 12.2. The highest BCUT2D eigenvalue weighted by Gasteiger charge is 2.23. The molecule has 0 spiro atoms. The highest BCUT2D eigenvalue weighted by Crippen LogP contribution is 2.41. The van der Waals surface area contributed by atoms with Gasteiger partial charge in [-0.1, -0.05) is 66.6 Å². The number of thiazole rings is 1. The number of aryl methyl sites for hydroxylation is 1. The van der Waals surface area contributed by atoms with Crippen molar-refractivity contribution in [3.63, 3.8) is 0 Å². The Morgan fingerprint density at radius 2 is 1.78 bits per heavy atom. The van der Waals surface area contributed by atoms with E-state index in [4.69, 9.17) is 33.9 Å². The van der Waals surface area contributed by atoms with Crippen LogP contribution in [-0.4, -0.2) is 26.3 Å². The number of thioether (sulfide) groups is 1. The molecule has 164 valence electrons. The molecule has 0 aliphatic carbocycles. The number of carbonyl (C=O) groups excluding carboxylic acids is 1. The van der Waals surface area contributed by atoms with E-state index < -0.39 is 0 Å². The van der Waals surface area contributed by atoms with Crippen molar-refractivity contribution < 1.29 is 4.79 Å². The quantitative estimate of drug-likeness (QED) is 0.172. The van der Waals surface area contributed by atoms with E-state index in [1.807, 2.05) is 43.3 Å². The first-order chi connectivity index (χ1) is 15.3. The predicted octanol–water partition coefficient (Wildman–Crippen LogP) is 7.17. The second-order valence-electron chi connectivity index (χ2n) is 7.43. The Kier molecular flexibility index (Phi) is 6.62. The van der Waals surface area contributed by atoms with Gasteiger partial charge < -0.3 is 5.73 Å². The average molecular weight is 503 g/mol. The number of aromatic nitrogens is 3. The highest BCUT2D eigenvalue weighted by atomic mass is 35.5. The second-order valence-corrected chi connectivity index (χ2v) is 11.1. The number of halogens is 2. The van der Waals surface area contributed by atoms with Gasteiger partial charge in [-0.2, -0.15) is 5.10 Å². The van der Waals surface area contributed by atoms with Crippen molar-refractivity contribution >= 4 is 58.3 Å². The zero-order valence-corrected chi connectivity index (χ0v) is 20.7. The van der Waals surface area contributed by atoms with Gasteiger partial charge in [-0.05, 0) is 36.8 Å². The lowest BCUT2D eigenvalue weighted by atomic mass is 10.0. The minimum Gasteiger partial charge on any atom is -0.399 e. The van der Waals surface area contributed by atoms with Crippen LogP contribution < -0.4 is 5.73 Å². The summed E-state index contributed by atoms with van der Waals surface area (Å²) in [7, 11) is 0. The monoisotopic (exact) mass is 502 g/mol. The number of hydrogen-bond donors (Lipinski definition) is 1. The standard InChI is InChI=1S/C23H20Cl2N4OS2/c1-12(2)31-22-21(15-6-9-17(24)18(25)10-15)27-23(32-22)29-19(11-30)20(13(3)28-29)14-4-7-16(26)8-5-14/h4-12H,26H2,1-3H3. The van der Waals surface area contributed by atoms with E-state index in [9.17, 15) is 4.79 Å². The van der Waals surface area contributed by atoms with Crippen LogP contribution in [0, 0.1) is 6.92 Å². The SMILES string of the molecule is Cc1nn(-c2nc(-c3ccc(Cl)c(Cl)c3)c(SC(C)C)s2)c(C=O)c1-c1ccc(N)cc1. The molecule has 0 aliphatic heterocycles. The molecule has 0 atom stereocenters. The first-order valence-electron chi connectivity index (χ1n) is 9.82. The summed E-state index contributed by atoms with van der Waals surface area (Å²) in [6.45, 7) is 6.13. The van der Waals surface area contributed by atoms with E-state index in [0.29, 0.717) is 31.8 Å². The van der Waals surface area contributed by atoms with Crippen LogP contribution in [0.15, 0.2) is 46.7 Å². The molecule has 32 heavy (non-hydrogen) atoms. The summed E-state index contributed by atoms with van der Waals surface area (Å²) < 4.78 is 2.64. The lowest BCUT2D eigenvalue weighted by molar-refractivity contribution is 0.111. The van der Waals surface area contributed by atoms with E-state index in [2.05, 4.69) is 18.9 Å². The number of anilines is 1. The van der Waals surface area contributed by atoms with Crippen molar-refractivity contribution in [1.82, 2.24) is 14.8 Å². The molecule has 0 saturated heterocycles. The van der Waals surface area contributed by atoms with Crippen molar-refractivity contribution in [3.8, 4) is 27.5 Å². The minimum atomic E-state index is 0.347. The normalized spacial score (nSPS) is 11.3. The van der Waals surface area contributed by atoms with Gasteiger partial charge in [-0.15, -0.1) is 11.8 Å². The highest BCUT2D eigenvalue weighted by molar-refractivity contribution is 8.01. The number of aldehydes is 1. The molecule has 9 heteroatoms. The summed E-state index contributed by atoms with van der Waals surface area (Å²) in [5, 5.41) is 6.57. The largest absolute Gasteiger partial charge is 0.399 e. The van der Waals surface area contributed by atoms with Gasteiger partial charge in [0, 0.05) is 22.1 Å². The van der Waals surface area contributed by atoms with Gasteiger partial charge in [0.25, 0.3) is 0 Å². The molecule has 4 rings (SSSR count). The fourth-order valence-corrected chi connectivity index (χ4v) is 6.10. The van der Waals surface area contributed by atoms with Crippen LogP contribution >= 0.6 is 46.3 Å². The molecular weight excluding hydrogens is 483 g/mol. The van der Waals surface area contributed by atoms with Gasteiger partial charge in [-0.3, -0.25) is 4.79 Å². The lowest BCUT2D eigenvalue weighted by Gasteiger charge is -2.05. The van der Waals surface area contributed by atoms with Crippen LogP contribution in [0.1, 0.15) is 30.0 Å². The van der Waals surface area contributed by atoms with Gasteiger partial charge in [0.1, 0.15) is 5.69 Å². The van der Waals surface area contributed by atoms with Gasteiger partial charge in [0.15, 0.2) is 6.29 Å². The minimum absolute atomic E-state index is 0.347. The van der Waals surface area contributed by atoms with E-state index in [0.717, 1.165) is 38.6 Å². The summed E-state index contributed by atoms with van der Waals surface area (Å²) in [4.78, 5) is 17.0. The summed E-state index contributed by atoms with van der Waals surface area (Å²) >= 11 is 15.6. The molecule has 5 nitrogen and oxygen atoms in total. The average Bonchev–Trinajstić information content (AvgIpc) is 3.31. The Hall–Kier alpha value is -2.32. The van der Waals surface area contributed by atoms with Crippen molar-refractivity contribution in [2.75, 3.05) is 5.73 Å². The number of rotatable bonds is 6. The number of nitrogens with zero attached hydrogens (tertiary/aromatic N) is 3. The number of hydrogen-bond acceptors (Lipinski definition) is 6. The molecule has 2 N–H and O–H groups in total. The third-order valence-electron chi connectivity index (χ3n) is 4.71. The molecule has 0 radical (unpaired) electrons. The molecular formula is C23H20Cl2N4OS2. The van der Waals surface area contributed by atoms with Crippen LogP contribution in [-0.2, 0) is 0 Å². The van der Waals surface area contributed by atoms with Gasteiger partial charge in [-0.25, -0.2) is 9.67 Å². The summed E-state index contributed by atoms with van der Waals surface area (Å²) in [6, 6.07) is 12.9. The van der Waals surface area contributed by atoms with Crippen LogP contribution in [0.4, 0.5) is 5.69 Å². The molecule has 0 fully saturated rings. The Labute approximate surface area is 204 Å². The van der Waals surface area contributed by atoms with E-state index in [1.54, 1.807) is 22.5 Å².